The molecular weight excluding hydrogens is 386 g/mol. The lowest BCUT2D eigenvalue weighted by Crippen LogP contribution is -2.09. The highest BCUT2D eigenvalue weighted by atomic mass is 79.9. The molecular formula is C19H22BrNO4. The van der Waals surface area contributed by atoms with Gasteiger partial charge in [0.05, 0.1) is 22.7 Å². The molecule has 0 amide bonds. The van der Waals surface area contributed by atoms with E-state index in [-0.39, 0.29) is 11.7 Å². The third kappa shape index (κ3) is 5.39. The van der Waals surface area contributed by atoms with Gasteiger partial charge in [0, 0.05) is 12.2 Å². The van der Waals surface area contributed by atoms with Gasteiger partial charge in [0.15, 0.2) is 11.5 Å². The fraction of sp³-hybridized carbons (Fsp3) is 0.316. The average Bonchev–Trinajstić information content (AvgIpc) is 2.56. The second-order valence-corrected chi connectivity index (χ2v) is 6.59. The molecule has 0 heterocycles. The van der Waals surface area contributed by atoms with E-state index < -0.39 is 5.97 Å². The maximum absolute atomic E-state index is 10.9. The number of aromatic carboxylic acids is 1. The smallest absolute Gasteiger partial charge is 0.335 e. The van der Waals surface area contributed by atoms with Crippen LogP contribution in [0.15, 0.2) is 40.9 Å². The highest BCUT2D eigenvalue weighted by molar-refractivity contribution is 9.10. The lowest BCUT2D eigenvalue weighted by atomic mass is 10.1. The predicted molar refractivity (Wildman–Crippen MR) is 102 cm³/mol. The summed E-state index contributed by atoms with van der Waals surface area (Å²) < 4.78 is 12.4. The molecule has 134 valence electrons. The normalized spacial score (nSPS) is 10.6. The van der Waals surface area contributed by atoms with Gasteiger partial charge in [-0.2, -0.15) is 0 Å². The second-order valence-electron chi connectivity index (χ2n) is 5.74. The van der Waals surface area contributed by atoms with E-state index in [2.05, 4.69) is 21.2 Å². The van der Waals surface area contributed by atoms with Crippen LogP contribution in [0.4, 0.5) is 5.69 Å². The van der Waals surface area contributed by atoms with E-state index in [0.29, 0.717) is 24.7 Å². The lowest BCUT2D eigenvalue weighted by molar-refractivity contribution is 0.0697. The lowest BCUT2D eigenvalue weighted by Gasteiger charge is -2.18. The number of carboxylic acids is 1. The van der Waals surface area contributed by atoms with Crippen LogP contribution in [0, 0.1) is 0 Å². The molecule has 0 aliphatic heterocycles. The summed E-state index contributed by atoms with van der Waals surface area (Å²) in [4.78, 5) is 10.9. The van der Waals surface area contributed by atoms with E-state index in [1.54, 1.807) is 24.3 Å². The van der Waals surface area contributed by atoms with Crippen LogP contribution in [-0.4, -0.2) is 23.8 Å². The van der Waals surface area contributed by atoms with E-state index >= 15 is 0 Å². The van der Waals surface area contributed by atoms with E-state index in [1.165, 1.54) is 0 Å². The molecule has 0 unspecified atom stereocenters. The summed E-state index contributed by atoms with van der Waals surface area (Å²) in [6, 6.07) is 10.6. The summed E-state index contributed by atoms with van der Waals surface area (Å²) in [5, 5.41) is 12.2. The Morgan fingerprint density at radius 3 is 2.48 bits per heavy atom. The predicted octanol–water partition coefficient (Wildman–Crippen LogP) is 4.95. The summed E-state index contributed by atoms with van der Waals surface area (Å²) in [5.74, 6) is 0.465. The molecule has 2 N–H and O–H groups in total. The van der Waals surface area contributed by atoms with Crippen molar-refractivity contribution >= 4 is 27.6 Å². The van der Waals surface area contributed by atoms with Crippen molar-refractivity contribution in [2.75, 3.05) is 11.9 Å². The van der Waals surface area contributed by atoms with Gasteiger partial charge in [-0.1, -0.05) is 0 Å². The Hall–Kier alpha value is -2.21. The van der Waals surface area contributed by atoms with Gasteiger partial charge >= 0.3 is 5.97 Å². The van der Waals surface area contributed by atoms with Crippen LogP contribution in [0.3, 0.4) is 0 Å². The molecule has 0 spiro atoms. The monoisotopic (exact) mass is 407 g/mol. The van der Waals surface area contributed by atoms with Crippen LogP contribution in [0.2, 0.25) is 0 Å². The molecule has 0 aromatic heterocycles. The van der Waals surface area contributed by atoms with Gasteiger partial charge in [-0.05, 0) is 78.7 Å². The molecule has 0 aliphatic rings. The van der Waals surface area contributed by atoms with E-state index in [1.807, 2.05) is 32.9 Å². The standard InChI is InChI=1S/C19H22BrNO4/c1-4-24-17-10-13(9-16(20)18(17)25-12(2)3)11-21-15-7-5-14(6-8-15)19(22)23/h5-10,12,21H,4,11H2,1-3H3,(H,22,23). The number of carbonyl (C=O) groups is 1. The minimum atomic E-state index is -0.933. The van der Waals surface area contributed by atoms with Crippen molar-refractivity contribution in [2.24, 2.45) is 0 Å². The number of ether oxygens (including phenoxy) is 2. The molecule has 0 saturated heterocycles. The zero-order valence-corrected chi connectivity index (χ0v) is 16.1. The molecule has 5 nitrogen and oxygen atoms in total. The molecule has 0 bridgehead atoms. The fourth-order valence-corrected chi connectivity index (χ4v) is 2.85. The quantitative estimate of drug-likeness (QED) is 0.647. The van der Waals surface area contributed by atoms with Gasteiger partial charge in [0.1, 0.15) is 0 Å². The van der Waals surface area contributed by atoms with Crippen molar-refractivity contribution in [3.05, 3.63) is 52.0 Å². The first kappa shape index (κ1) is 19.1. The van der Waals surface area contributed by atoms with E-state index in [4.69, 9.17) is 14.6 Å². The van der Waals surface area contributed by atoms with Gasteiger partial charge in [-0.25, -0.2) is 4.79 Å². The Balaban J connectivity index is 2.14. The SMILES string of the molecule is CCOc1cc(CNc2ccc(C(=O)O)cc2)cc(Br)c1OC(C)C. The number of anilines is 1. The fourth-order valence-electron chi connectivity index (χ4n) is 2.27. The Morgan fingerprint density at radius 2 is 1.92 bits per heavy atom. The van der Waals surface area contributed by atoms with Crippen LogP contribution in [0.1, 0.15) is 36.7 Å². The molecule has 2 aromatic rings. The molecule has 0 aliphatic carbocycles. The van der Waals surface area contributed by atoms with Crippen molar-refractivity contribution in [3.63, 3.8) is 0 Å². The number of hydrogen-bond donors (Lipinski definition) is 2. The van der Waals surface area contributed by atoms with Gasteiger partial charge in [-0.15, -0.1) is 0 Å². The number of hydrogen-bond acceptors (Lipinski definition) is 4. The van der Waals surface area contributed by atoms with Crippen LogP contribution in [-0.2, 0) is 6.54 Å². The highest BCUT2D eigenvalue weighted by Gasteiger charge is 2.13. The van der Waals surface area contributed by atoms with Crippen molar-refractivity contribution in [1.82, 2.24) is 0 Å². The third-order valence-corrected chi connectivity index (χ3v) is 3.94. The number of nitrogens with one attached hydrogen (secondary N) is 1. The Kier molecular flexibility index (Phi) is 6.70. The second kappa shape index (κ2) is 8.76. The zero-order valence-electron chi connectivity index (χ0n) is 14.5. The van der Waals surface area contributed by atoms with Crippen molar-refractivity contribution in [3.8, 4) is 11.5 Å². The van der Waals surface area contributed by atoms with Crippen LogP contribution in [0.5, 0.6) is 11.5 Å². The van der Waals surface area contributed by atoms with Gasteiger partial charge in [0.25, 0.3) is 0 Å². The first-order valence-electron chi connectivity index (χ1n) is 8.09. The van der Waals surface area contributed by atoms with Gasteiger partial charge < -0.3 is 19.9 Å². The Bertz CT molecular complexity index is 729. The van der Waals surface area contributed by atoms with Crippen LogP contribution < -0.4 is 14.8 Å². The summed E-state index contributed by atoms with van der Waals surface area (Å²) in [6.07, 6.45) is 0.0484. The maximum atomic E-state index is 10.9. The van der Waals surface area contributed by atoms with Gasteiger partial charge in [-0.3, -0.25) is 0 Å². The molecule has 6 heteroatoms. The summed E-state index contributed by atoms with van der Waals surface area (Å²) in [5.41, 5.74) is 2.14. The molecule has 2 rings (SSSR count). The number of carboxylic acid groups (broad SMARTS) is 1. The van der Waals surface area contributed by atoms with Crippen LogP contribution >= 0.6 is 15.9 Å². The topological polar surface area (TPSA) is 67.8 Å². The summed E-state index contributed by atoms with van der Waals surface area (Å²) in [7, 11) is 0. The van der Waals surface area contributed by atoms with Crippen molar-refractivity contribution < 1.29 is 19.4 Å². The molecule has 0 saturated carbocycles. The minimum Gasteiger partial charge on any atom is -0.490 e. The number of benzene rings is 2. The number of rotatable bonds is 8. The Labute approximate surface area is 156 Å². The number of halogens is 1. The molecule has 25 heavy (non-hydrogen) atoms. The van der Waals surface area contributed by atoms with E-state index in [0.717, 1.165) is 15.7 Å². The molecule has 2 aromatic carbocycles. The molecule has 0 atom stereocenters. The summed E-state index contributed by atoms with van der Waals surface area (Å²) in [6.45, 7) is 7.00. The highest BCUT2D eigenvalue weighted by Crippen LogP contribution is 2.37. The van der Waals surface area contributed by atoms with E-state index in [9.17, 15) is 4.79 Å². The van der Waals surface area contributed by atoms with Gasteiger partial charge in [0.2, 0.25) is 0 Å². The molecule has 0 fully saturated rings. The van der Waals surface area contributed by atoms with Crippen molar-refractivity contribution in [2.45, 2.75) is 33.4 Å². The zero-order chi connectivity index (χ0) is 18.4. The minimum absolute atomic E-state index is 0.0484. The molecule has 0 radical (unpaired) electrons. The largest absolute Gasteiger partial charge is 0.490 e. The first-order chi connectivity index (χ1) is 11.9. The summed E-state index contributed by atoms with van der Waals surface area (Å²) >= 11 is 3.55. The maximum Gasteiger partial charge on any atom is 0.335 e. The van der Waals surface area contributed by atoms with Crippen LogP contribution in [0.25, 0.3) is 0 Å². The first-order valence-corrected chi connectivity index (χ1v) is 8.89. The Morgan fingerprint density at radius 1 is 1.24 bits per heavy atom. The van der Waals surface area contributed by atoms with Crippen molar-refractivity contribution in [1.29, 1.82) is 0 Å². The third-order valence-electron chi connectivity index (χ3n) is 3.35. The average molecular weight is 408 g/mol.